The molecule has 1 aliphatic heterocycles. The van der Waals surface area contributed by atoms with Crippen molar-refractivity contribution in [2.24, 2.45) is 5.41 Å². The first kappa shape index (κ1) is 9.86. The lowest BCUT2D eigenvalue weighted by Gasteiger charge is -2.56. The maximum atomic E-state index is 5.99. The van der Waals surface area contributed by atoms with Crippen LogP contribution in [0.3, 0.4) is 0 Å². The monoisotopic (exact) mass is 222 g/mol. The maximum Gasteiger partial charge on any atom is 0.100 e. The summed E-state index contributed by atoms with van der Waals surface area (Å²) in [5, 5.41) is 2.16. The summed E-state index contributed by atoms with van der Waals surface area (Å²) < 4.78 is 5.99. The Morgan fingerprint density at radius 2 is 2.13 bits per heavy atom. The summed E-state index contributed by atoms with van der Waals surface area (Å²) in [4.78, 5) is 1.44. The molecule has 1 aliphatic carbocycles. The molecule has 1 saturated heterocycles. The highest BCUT2D eigenvalue weighted by molar-refractivity contribution is 7.10. The highest BCUT2D eigenvalue weighted by atomic mass is 32.1. The van der Waals surface area contributed by atoms with Crippen LogP contribution < -0.4 is 0 Å². The molecule has 15 heavy (non-hydrogen) atoms. The number of hydrogen-bond acceptors (Lipinski definition) is 2. The molecule has 82 valence electrons. The van der Waals surface area contributed by atoms with E-state index in [9.17, 15) is 0 Å². The van der Waals surface area contributed by atoms with Gasteiger partial charge in [-0.25, -0.2) is 0 Å². The van der Waals surface area contributed by atoms with Crippen molar-refractivity contribution in [2.45, 2.75) is 51.2 Å². The molecule has 1 nitrogen and oxygen atoms in total. The van der Waals surface area contributed by atoms with Crippen LogP contribution in [0, 0.1) is 5.41 Å². The second-order valence-corrected chi connectivity index (χ2v) is 5.95. The fourth-order valence-electron chi connectivity index (χ4n) is 3.29. The zero-order valence-electron chi connectivity index (χ0n) is 9.24. The van der Waals surface area contributed by atoms with Gasteiger partial charge in [0.15, 0.2) is 0 Å². The Morgan fingerprint density at radius 3 is 2.73 bits per heavy atom. The zero-order valence-corrected chi connectivity index (χ0v) is 10.1. The van der Waals surface area contributed by atoms with Gasteiger partial charge in [0.05, 0.1) is 6.10 Å². The van der Waals surface area contributed by atoms with Crippen LogP contribution in [0.25, 0.3) is 0 Å². The second kappa shape index (κ2) is 3.60. The molecule has 0 radical (unpaired) electrons. The van der Waals surface area contributed by atoms with Gasteiger partial charge in [0.25, 0.3) is 0 Å². The summed E-state index contributed by atoms with van der Waals surface area (Å²) in [6.07, 6.45) is 7.85. The Balaban J connectivity index is 1.86. The molecule has 1 aromatic heterocycles. The molecule has 2 unspecified atom stereocenters. The van der Waals surface area contributed by atoms with E-state index in [4.69, 9.17) is 4.74 Å². The molecule has 0 bridgehead atoms. The van der Waals surface area contributed by atoms with E-state index in [1.54, 1.807) is 0 Å². The second-order valence-electron chi connectivity index (χ2n) is 4.97. The Hall–Kier alpha value is -0.340. The molecular weight excluding hydrogens is 204 g/mol. The zero-order chi connectivity index (χ0) is 10.3. The topological polar surface area (TPSA) is 9.23 Å². The van der Waals surface area contributed by atoms with Gasteiger partial charge in [-0.05, 0) is 31.2 Å². The van der Waals surface area contributed by atoms with Gasteiger partial charge in [-0.3, -0.25) is 0 Å². The smallest absolute Gasteiger partial charge is 0.100 e. The molecule has 1 saturated carbocycles. The normalized spacial score (nSPS) is 33.9. The van der Waals surface area contributed by atoms with Gasteiger partial charge < -0.3 is 4.74 Å². The summed E-state index contributed by atoms with van der Waals surface area (Å²) in [7, 11) is 0. The Kier molecular flexibility index (Phi) is 2.37. The quantitative estimate of drug-likeness (QED) is 0.693. The van der Waals surface area contributed by atoms with Crippen molar-refractivity contribution < 1.29 is 4.74 Å². The first-order valence-electron chi connectivity index (χ1n) is 6.02. The Morgan fingerprint density at radius 1 is 1.33 bits per heavy atom. The third-order valence-corrected chi connectivity index (χ3v) is 5.17. The standard InChI is InChI=1S/C13H18OS/c1-10-13(7-3-2-4-8-13)12(14-10)11-6-5-9-15-11/h5-6,9-10,12H,2-4,7-8H2,1H3. The van der Waals surface area contributed by atoms with Crippen molar-refractivity contribution in [1.82, 2.24) is 0 Å². The molecule has 2 atom stereocenters. The Bertz CT molecular complexity index is 324. The number of hydrogen-bond donors (Lipinski definition) is 0. The van der Waals surface area contributed by atoms with Crippen molar-refractivity contribution >= 4 is 11.3 Å². The highest BCUT2D eigenvalue weighted by Gasteiger charge is 2.55. The van der Waals surface area contributed by atoms with E-state index in [-0.39, 0.29) is 0 Å². The van der Waals surface area contributed by atoms with E-state index in [1.807, 2.05) is 11.3 Å². The number of ether oxygens (including phenoxy) is 1. The van der Waals surface area contributed by atoms with Gasteiger partial charge >= 0.3 is 0 Å². The number of thiophene rings is 1. The van der Waals surface area contributed by atoms with Crippen molar-refractivity contribution in [3.05, 3.63) is 22.4 Å². The third-order valence-electron chi connectivity index (χ3n) is 4.26. The van der Waals surface area contributed by atoms with Crippen molar-refractivity contribution in [2.75, 3.05) is 0 Å². The molecule has 2 heteroatoms. The van der Waals surface area contributed by atoms with Crippen LogP contribution >= 0.6 is 11.3 Å². The van der Waals surface area contributed by atoms with E-state index < -0.39 is 0 Å². The predicted molar refractivity (Wildman–Crippen MR) is 63.1 cm³/mol. The lowest BCUT2D eigenvalue weighted by Crippen LogP contribution is -2.53. The lowest BCUT2D eigenvalue weighted by atomic mass is 9.63. The molecule has 2 aliphatic rings. The van der Waals surface area contributed by atoms with E-state index in [2.05, 4.69) is 24.4 Å². The minimum atomic E-state index is 0.410. The van der Waals surface area contributed by atoms with E-state index in [1.165, 1.54) is 37.0 Å². The molecule has 1 spiro atoms. The molecule has 0 amide bonds. The van der Waals surface area contributed by atoms with Gasteiger partial charge in [0.1, 0.15) is 6.10 Å². The predicted octanol–water partition coefficient (Wildman–Crippen LogP) is 4.16. The average molecular weight is 222 g/mol. The summed E-state index contributed by atoms with van der Waals surface area (Å²) >= 11 is 1.85. The first-order valence-corrected chi connectivity index (χ1v) is 6.90. The summed E-state index contributed by atoms with van der Waals surface area (Å²) in [5.74, 6) is 0. The van der Waals surface area contributed by atoms with Crippen LogP contribution in [0.1, 0.15) is 50.0 Å². The molecule has 2 heterocycles. The molecule has 3 rings (SSSR count). The first-order chi connectivity index (χ1) is 7.33. The maximum absolute atomic E-state index is 5.99. The number of rotatable bonds is 1. The fourth-order valence-corrected chi connectivity index (χ4v) is 4.17. The van der Waals surface area contributed by atoms with Crippen LogP contribution in [0.2, 0.25) is 0 Å². The minimum Gasteiger partial charge on any atom is -0.368 e. The average Bonchev–Trinajstić information content (AvgIpc) is 2.80. The van der Waals surface area contributed by atoms with Crippen molar-refractivity contribution in [3.8, 4) is 0 Å². The van der Waals surface area contributed by atoms with Crippen LogP contribution in [-0.2, 0) is 4.74 Å². The summed E-state index contributed by atoms with van der Waals surface area (Å²) in [6.45, 7) is 2.26. The van der Waals surface area contributed by atoms with Crippen LogP contribution in [0.5, 0.6) is 0 Å². The highest BCUT2D eigenvalue weighted by Crippen LogP contribution is 2.59. The van der Waals surface area contributed by atoms with Gasteiger partial charge in [-0.15, -0.1) is 11.3 Å². The molecule has 0 aromatic carbocycles. The SMILES string of the molecule is CC1OC(c2cccs2)C12CCCCC2. The molecular formula is C13H18OS. The van der Waals surface area contributed by atoms with Crippen molar-refractivity contribution in [3.63, 3.8) is 0 Å². The van der Waals surface area contributed by atoms with E-state index >= 15 is 0 Å². The largest absolute Gasteiger partial charge is 0.368 e. The molecule has 0 N–H and O–H groups in total. The molecule has 2 fully saturated rings. The van der Waals surface area contributed by atoms with Gasteiger partial charge in [0.2, 0.25) is 0 Å². The van der Waals surface area contributed by atoms with E-state index in [0.29, 0.717) is 17.6 Å². The summed E-state index contributed by atoms with van der Waals surface area (Å²) in [5.41, 5.74) is 0.489. The van der Waals surface area contributed by atoms with Gasteiger partial charge in [0, 0.05) is 10.3 Å². The van der Waals surface area contributed by atoms with Crippen LogP contribution in [0.4, 0.5) is 0 Å². The minimum absolute atomic E-state index is 0.410. The van der Waals surface area contributed by atoms with E-state index in [0.717, 1.165) is 0 Å². The third kappa shape index (κ3) is 1.38. The molecule has 1 aromatic rings. The van der Waals surface area contributed by atoms with Gasteiger partial charge in [-0.1, -0.05) is 25.3 Å². The fraction of sp³-hybridized carbons (Fsp3) is 0.692. The Labute approximate surface area is 95.5 Å². The summed E-state index contributed by atoms with van der Waals surface area (Å²) in [6, 6.07) is 4.38. The van der Waals surface area contributed by atoms with Crippen LogP contribution in [-0.4, -0.2) is 6.10 Å². The van der Waals surface area contributed by atoms with Gasteiger partial charge in [-0.2, -0.15) is 0 Å². The van der Waals surface area contributed by atoms with Crippen LogP contribution in [0.15, 0.2) is 17.5 Å². The lowest BCUT2D eigenvalue weighted by molar-refractivity contribution is -0.258. The van der Waals surface area contributed by atoms with Crippen molar-refractivity contribution in [1.29, 1.82) is 0 Å².